The van der Waals surface area contributed by atoms with Gasteiger partial charge >= 0.3 is 5.97 Å². The Labute approximate surface area is 95.2 Å². The summed E-state index contributed by atoms with van der Waals surface area (Å²) >= 11 is 0. The second-order valence-corrected chi connectivity index (χ2v) is 3.86. The quantitative estimate of drug-likeness (QED) is 0.571. The van der Waals surface area contributed by atoms with Crippen LogP contribution < -0.4 is 0 Å². The van der Waals surface area contributed by atoms with Gasteiger partial charge in [0.15, 0.2) is 0 Å². The van der Waals surface area contributed by atoms with Crippen molar-refractivity contribution in [2.75, 3.05) is 0 Å². The molecule has 1 aromatic rings. The molecule has 16 heavy (non-hydrogen) atoms. The average Bonchev–Trinajstić information content (AvgIpc) is 2.61. The van der Waals surface area contributed by atoms with E-state index < -0.39 is 0 Å². The molecule has 1 atom stereocenters. The van der Waals surface area contributed by atoms with Crippen molar-refractivity contribution in [3.8, 4) is 0 Å². The van der Waals surface area contributed by atoms with E-state index in [-0.39, 0.29) is 12.1 Å². The van der Waals surface area contributed by atoms with Crippen molar-refractivity contribution in [2.24, 2.45) is 0 Å². The Morgan fingerprint density at radius 1 is 1.44 bits per heavy atom. The lowest BCUT2D eigenvalue weighted by atomic mass is 10.0. The molecule has 82 valence electrons. The highest BCUT2D eigenvalue weighted by Gasteiger charge is 2.26. The lowest BCUT2D eigenvalue weighted by Crippen LogP contribution is -2.06. The van der Waals surface area contributed by atoms with Crippen LogP contribution in [0.5, 0.6) is 0 Å². The maximum atomic E-state index is 11.7. The molecule has 0 aliphatic carbocycles. The highest BCUT2D eigenvalue weighted by Crippen LogP contribution is 2.27. The summed E-state index contributed by atoms with van der Waals surface area (Å²) in [4.78, 5) is 11.7. The number of carbonyl (C=O) groups excluding carboxylic acids is 1. The molecule has 1 aliphatic rings. The number of benzene rings is 1. The summed E-state index contributed by atoms with van der Waals surface area (Å²) in [6.45, 7) is 5.63. The first-order chi connectivity index (χ1) is 7.72. The van der Waals surface area contributed by atoms with Gasteiger partial charge in [0.1, 0.15) is 6.10 Å². The van der Waals surface area contributed by atoms with Crippen molar-refractivity contribution in [3.63, 3.8) is 0 Å². The molecule has 2 heteroatoms. The van der Waals surface area contributed by atoms with Gasteiger partial charge in [-0.05, 0) is 24.1 Å². The molecular weight excluding hydrogens is 200 g/mol. The van der Waals surface area contributed by atoms with E-state index in [1.54, 1.807) is 6.08 Å². The summed E-state index contributed by atoms with van der Waals surface area (Å²) in [5.74, 6) is -0.235. The molecule has 0 N–H and O–H groups in total. The number of rotatable bonds is 3. The van der Waals surface area contributed by atoms with E-state index in [0.29, 0.717) is 12.0 Å². The molecule has 0 saturated heterocycles. The van der Waals surface area contributed by atoms with Gasteiger partial charge in [0, 0.05) is 6.42 Å². The molecule has 0 unspecified atom stereocenters. The number of carbonyl (C=O) groups is 1. The molecule has 0 spiro atoms. The standard InChI is InChI=1S/C14H14O2/c1-3-6-11-9-13(14(15)16-11)12-8-5-4-7-10(12)2/h3-5,7-9,11H,1,6H2,2H3/t11-/m0/s1. The molecular formula is C14H14O2. The highest BCUT2D eigenvalue weighted by atomic mass is 16.5. The number of cyclic esters (lactones) is 1. The molecule has 0 aromatic heterocycles. The van der Waals surface area contributed by atoms with E-state index >= 15 is 0 Å². The fraction of sp³-hybridized carbons (Fsp3) is 0.214. The summed E-state index contributed by atoms with van der Waals surface area (Å²) in [6, 6.07) is 7.82. The first-order valence-electron chi connectivity index (χ1n) is 5.32. The van der Waals surface area contributed by atoms with Crippen molar-refractivity contribution >= 4 is 11.5 Å². The van der Waals surface area contributed by atoms with E-state index in [9.17, 15) is 4.79 Å². The van der Waals surface area contributed by atoms with E-state index in [2.05, 4.69) is 6.58 Å². The minimum Gasteiger partial charge on any atom is -0.454 e. The van der Waals surface area contributed by atoms with Crippen molar-refractivity contribution < 1.29 is 9.53 Å². The normalized spacial score (nSPS) is 19.2. The molecule has 1 aliphatic heterocycles. The minimum atomic E-state index is -0.235. The number of esters is 1. The Hall–Kier alpha value is -1.83. The monoisotopic (exact) mass is 214 g/mol. The third-order valence-electron chi connectivity index (χ3n) is 2.67. The zero-order valence-electron chi connectivity index (χ0n) is 9.27. The fourth-order valence-electron chi connectivity index (χ4n) is 1.84. The van der Waals surface area contributed by atoms with Gasteiger partial charge in [0.2, 0.25) is 0 Å². The van der Waals surface area contributed by atoms with Crippen molar-refractivity contribution in [1.29, 1.82) is 0 Å². The van der Waals surface area contributed by atoms with Gasteiger partial charge < -0.3 is 4.74 Å². The fourth-order valence-corrected chi connectivity index (χ4v) is 1.84. The smallest absolute Gasteiger partial charge is 0.339 e. The first kappa shape index (κ1) is 10.7. The van der Waals surface area contributed by atoms with Crippen LogP contribution in [-0.4, -0.2) is 12.1 Å². The van der Waals surface area contributed by atoms with Crippen molar-refractivity contribution in [2.45, 2.75) is 19.4 Å². The van der Waals surface area contributed by atoms with Crippen LogP contribution in [0.25, 0.3) is 5.57 Å². The Balaban J connectivity index is 2.34. The van der Waals surface area contributed by atoms with Crippen LogP contribution in [0.2, 0.25) is 0 Å². The van der Waals surface area contributed by atoms with E-state index in [1.807, 2.05) is 37.3 Å². The summed E-state index contributed by atoms with van der Waals surface area (Å²) in [7, 11) is 0. The summed E-state index contributed by atoms with van der Waals surface area (Å²) in [5, 5.41) is 0. The number of hydrogen-bond acceptors (Lipinski definition) is 2. The Kier molecular flexibility index (Phi) is 2.91. The SMILES string of the molecule is C=CC[C@H]1C=C(c2ccccc2C)C(=O)O1. The molecule has 0 saturated carbocycles. The largest absolute Gasteiger partial charge is 0.454 e. The molecule has 1 aromatic carbocycles. The molecule has 2 rings (SSSR count). The lowest BCUT2D eigenvalue weighted by Gasteiger charge is -2.04. The van der Waals surface area contributed by atoms with Crippen LogP contribution in [0, 0.1) is 6.92 Å². The van der Waals surface area contributed by atoms with Crippen LogP contribution >= 0.6 is 0 Å². The molecule has 0 fully saturated rings. The molecule has 0 bridgehead atoms. The molecule has 0 radical (unpaired) electrons. The third-order valence-corrected chi connectivity index (χ3v) is 2.67. The van der Waals surface area contributed by atoms with E-state index in [0.717, 1.165) is 11.1 Å². The third kappa shape index (κ3) is 1.91. The van der Waals surface area contributed by atoms with Gasteiger partial charge in [-0.1, -0.05) is 30.3 Å². The van der Waals surface area contributed by atoms with E-state index in [1.165, 1.54) is 0 Å². The number of hydrogen-bond donors (Lipinski definition) is 0. The zero-order valence-corrected chi connectivity index (χ0v) is 9.27. The Morgan fingerprint density at radius 3 is 2.88 bits per heavy atom. The number of aryl methyl sites for hydroxylation is 1. The molecule has 1 heterocycles. The Bertz CT molecular complexity index is 458. The topological polar surface area (TPSA) is 26.3 Å². The van der Waals surface area contributed by atoms with Crippen molar-refractivity contribution in [1.82, 2.24) is 0 Å². The van der Waals surface area contributed by atoms with Gasteiger partial charge in [0.25, 0.3) is 0 Å². The predicted octanol–water partition coefficient (Wildman–Crippen LogP) is 2.88. The maximum Gasteiger partial charge on any atom is 0.339 e. The second-order valence-electron chi connectivity index (χ2n) is 3.86. The summed E-state index contributed by atoms with van der Waals surface area (Å²) in [6.07, 6.45) is 4.16. The van der Waals surface area contributed by atoms with Crippen LogP contribution in [-0.2, 0) is 9.53 Å². The molecule has 0 amide bonds. The van der Waals surface area contributed by atoms with Crippen LogP contribution in [0.15, 0.2) is 43.0 Å². The highest BCUT2D eigenvalue weighted by molar-refractivity contribution is 6.18. The maximum absolute atomic E-state index is 11.7. The molecule has 2 nitrogen and oxygen atoms in total. The Morgan fingerprint density at radius 2 is 2.19 bits per heavy atom. The first-order valence-corrected chi connectivity index (χ1v) is 5.32. The van der Waals surface area contributed by atoms with E-state index in [4.69, 9.17) is 4.74 Å². The summed E-state index contributed by atoms with van der Waals surface area (Å²) < 4.78 is 5.22. The van der Waals surface area contributed by atoms with Crippen LogP contribution in [0.4, 0.5) is 0 Å². The second kappa shape index (κ2) is 4.35. The van der Waals surface area contributed by atoms with Crippen LogP contribution in [0.1, 0.15) is 17.5 Å². The number of ether oxygens (including phenoxy) is 1. The van der Waals surface area contributed by atoms with Gasteiger partial charge in [-0.25, -0.2) is 4.79 Å². The van der Waals surface area contributed by atoms with Gasteiger partial charge in [-0.15, -0.1) is 6.58 Å². The van der Waals surface area contributed by atoms with Gasteiger partial charge in [0.05, 0.1) is 5.57 Å². The zero-order chi connectivity index (χ0) is 11.5. The average molecular weight is 214 g/mol. The van der Waals surface area contributed by atoms with Crippen LogP contribution in [0.3, 0.4) is 0 Å². The van der Waals surface area contributed by atoms with Gasteiger partial charge in [-0.2, -0.15) is 0 Å². The minimum absolute atomic E-state index is 0.153. The summed E-state index contributed by atoms with van der Waals surface area (Å²) in [5.41, 5.74) is 2.72. The lowest BCUT2D eigenvalue weighted by molar-refractivity contribution is -0.137. The van der Waals surface area contributed by atoms with Gasteiger partial charge in [-0.3, -0.25) is 0 Å². The van der Waals surface area contributed by atoms with Crippen molar-refractivity contribution in [3.05, 3.63) is 54.1 Å². The predicted molar refractivity (Wildman–Crippen MR) is 63.9 cm³/mol.